The van der Waals surface area contributed by atoms with E-state index in [4.69, 9.17) is 0 Å². The number of aromatic nitrogens is 1. The quantitative estimate of drug-likeness (QED) is 0.853. The molecule has 1 saturated heterocycles. The molecular weight excluding hydrogens is 214 g/mol. The van der Waals surface area contributed by atoms with Crippen molar-refractivity contribution in [2.24, 2.45) is 5.92 Å². The van der Waals surface area contributed by atoms with Crippen LogP contribution >= 0.6 is 0 Å². The molecule has 0 spiro atoms. The second kappa shape index (κ2) is 5.27. The summed E-state index contributed by atoms with van der Waals surface area (Å²) < 4.78 is 0. The zero-order chi connectivity index (χ0) is 12.3. The summed E-state index contributed by atoms with van der Waals surface area (Å²) >= 11 is 0. The molecule has 1 aromatic rings. The fourth-order valence-electron chi connectivity index (χ4n) is 2.21. The van der Waals surface area contributed by atoms with E-state index in [0.717, 1.165) is 25.1 Å². The number of nitrogens with zero attached hydrogens (tertiary/aromatic N) is 2. The summed E-state index contributed by atoms with van der Waals surface area (Å²) in [5.41, 5.74) is 1.13. The second-order valence-electron chi connectivity index (χ2n) is 4.60. The maximum atomic E-state index is 12.2. The molecule has 1 fully saturated rings. The Morgan fingerprint density at radius 2 is 2.24 bits per heavy atom. The first kappa shape index (κ1) is 12.0. The minimum absolute atomic E-state index is 0.103. The highest BCUT2D eigenvalue weighted by atomic mass is 16.2. The Labute approximate surface area is 102 Å². The summed E-state index contributed by atoms with van der Waals surface area (Å²) in [4.78, 5) is 18.1. The van der Waals surface area contributed by atoms with Gasteiger partial charge in [-0.2, -0.15) is 0 Å². The van der Waals surface area contributed by atoms with Crippen LogP contribution in [0.5, 0.6) is 0 Å². The monoisotopic (exact) mass is 233 g/mol. The van der Waals surface area contributed by atoms with E-state index < -0.39 is 0 Å². The van der Waals surface area contributed by atoms with Crippen LogP contribution in [0.3, 0.4) is 0 Å². The molecule has 4 nitrogen and oxygen atoms in total. The van der Waals surface area contributed by atoms with Gasteiger partial charge in [-0.15, -0.1) is 0 Å². The summed E-state index contributed by atoms with van der Waals surface area (Å²) in [5.74, 6) is 0.378. The largest absolute Gasteiger partial charge is 0.339 e. The smallest absolute Gasteiger partial charge is 0.227 e. The van der Waals surface area contributed by atoms with Gasteiger partial charge in [-0.3, -0.25) is 9.78 Å². The minimum atomic E-state index is 0.103. The Kier molecular flexibility index (Phi) is 3.74. The maximum absolute atomic E-state index is 12.2. The zero-order valence-electron chi connectivity index (χ0n) is 10.4. The molecule has 1 aliphatic heterocycles. The highest BCUT2D eigenvalue weighted by molar-refractivity contribution is 5.79. The number of amides is 1. The second-order valence-corrected chi connectivity index (χ2v) is 4.60. The summed E-state index contributed by atoms with van der Waals surface area (Å²) in [5, 5.41) is 3.23. The highest BCUT2D eigenvalue weighted by Gasteiger charge is 2.27. The predicted octanol–water partition coefficient (Wildman–Crippen LogP) is 1.21. The van der Waals surface area contributed by atoms with Crippen molar-refractivity contribution >= 4 is 5.91 Å². The minimum Gasteiger partial charge on any atom is -0.339 e. The fourth-order valence-corrected chi connectivity index (χ4v) is 2.21. The molecule has 17 heavy (non-hydrogen) atoms. The van der Waals surface area contributed by atoms with Crippen LogP contribution in [0.2, 0.25) is 0 Å². The van der Waals surface area contributed by atoms with Crippen molar-refractivity contribution in [2.45, 2.75) is 19.4 Å². The normalized spacial score (nSPS) is 21.2. The molecule has 0 bridgehead atoms. The molecule has 0 radical (unpaired) electrons. The molecule has 0 saturated carbocycles. The lowest BCUT2D eigenvalue weighted by Crippen LogP contribution is -2.35. The standard InChI is InChI=1S/C13H19N3O/c1-10(11-3-6-14-7-4-11)16(2)13(17)12-5-8-15-9-12/h3-4,6-7,10,12,15H,5,8-9H2,1-2H3. The number of carbonyl (C=O) groups excluding carboxylic acids is 1. The van der Waals surface area contributed by atoms with Crippen LogP contribution in [-0.4, -0.2) is 35.9 Å². The molecule has 1 amide bonds. The topological polar surface area (TPSA) is 45.2 Å². The third-order valence-electron chi connectivity index (χ3n) is 3.53. The van der Waals surface area contributed by atoms with Crippen molar-refractivity contribution < 1.29 is 4.79 Å². The van der Waals surface area contributed by atoms with Gasteiger partial charge < -0.3 is 10.2 Å². The number of pyridine rings is 1. The van der Waals surface area contributed by atoms with Gasteiger partial charge in [0.1, 0.15) is 0 Å². The van der Waals surface area contributed by atoms with Crippen LogP contribution in [-0.2, 0) is 4.79 Å². The summed E-state index contributed by atoms with van der Waals surface area (Å²) in [6, 6.07) is 4.02. The number of carbonyl (C=O) groups is 1. The third kappa shape index (κ3) is 2.64. The number of nitrogens with one attached hydrogen (secondary N) is 1. The summed E-state index contributed by atoms with van der Waals surface area (Å²) in [6.45, 7) is 3.82. The van der Waals surface area contributed by atoms with Gasteiger partial charge in [0.05, 0.1) is 12.0 Å². The van der Waals surface area contributed by atoms with Crippen LogP contribution in [0.25, 0.3) is 0 Å². The molecule has 92 valence electrons. The Morgan fingerprint density at radius 1 is 1.53 bits per heavy atom. The third-order valence-corrected chi connectivity index (χ3v) is 3.53. The first-order valence-electron chi connectivity index (χ1n) is 6.07. The van der Waals surface area contributed by atoms with E-state index in [1.165, 1.54) is 0 Å². The summed E-state index contributed by atoms with van der Waals surface area (Å²) in [7, 11) is 1.88. The maximum Gasteiger partial charge on any atom is 0.227 e. The lowest BCUT2D eigenvalue weighted by Gasteiger charge is -2.27. The van der Waals surface area contributed by atoms with Gasteiger partial charge in [-0.25, -0.2) is 0 Å². The van der Waals surface area contributed by atoms with E-state index in [1.54, 1.807) is 12.4 Å². The molecule has 4 heteroatoms. The molecule has 0 aliphatic carbocycles. The van der Waals surface area contributed by atoms with E-state index in [1.807, 2.05) is 24.1 Å². The average molecular weight is 233 g/mol. The molecule has 1 aromatic heterocycles. The van der Waals surface area contributed by atoms with Gasteiger partial charge in [0, 0.05) is 26.0 Å². The van der Waals surface area contributed by atoms with E-state index in [0.29, 0.717) is 0 Å². The first-order valence-corrected chi connectivity index (χ1v) is 6.07. The van der Waals surface area contributed by atoms with Crippen LogP contribution in [0.1, 0.15) is 24.9 Å². The number of hydrogen-bond acceptors (Lipinski definition) is 3. The molecule has 1 N–H and O–H groups in total. The lowest BCUT2D eigenvalue weighted by atomic mass is 10.0. The van der Waals surface area contributed by atoms with Crippen molar-refractivity contribution in [3.05, 3.63) is 30.1 Å². The van der Waals surface area contributed by atoms with Crippen LogP contribution in [0.15, 0.2) is 24.5 Å². The Morgan fingerprint density at radius 3 is 2.82 bits per heavy atom. The number of hydrogen-bond donors (Lipinski definition) is 1. The van der Waals surface area contributed by atoms with Crippen LogP contribution < -0.4 is 5.32 Å². The van der Waals surface area contributed by atoms with Gasteiger partial charge in [0.25, 0.3) is 0 Å². The van der Waals surface area contributed by atoms with Crippen molar-refractivity contribution in [2.75, 3.05) is 20.1 Å². The van der Waals surface area contributed by atoms with E-state index >= 15 is 0 Å². The van der Waals surface area contributed by atoms with Gasteiger partial charge in [0.15, 0.2) is 0 Å². The van der Waals surface area contributed by atoms with E-state index in [-0.39, 0.29) is 17.9 Å². The van der Waals surface area contributed by atoms with Crippen molar-refractivity contribution in [3.8, 4) is 0 Å². The molecule has 1 aliphatic rings. The number of rotatable bonds is 3. The lowest BCUT2D eigenvalue weighted by molar-refractivity contribution is -0.135. The summed E-state index contributed by atoms with van der Waals surface area (Å²) in [6.07, 6.45) is 4.48. The molecular formula is C13H19N3O. The van der Waals surface area contributed by atoms with Gasteiger partial charge in [-0.1, -0.05) is 0 Å². The fraction of sp³-hybridized carbons (Fsp3) is 0.538. The van der Waals surface area contributed by atoms with E-state index in [2.05, 4.69) is 17.2 Å². The Balaban J connectivity index is 2.04. The Hall–Kier alpha value is -1.42. The predicted molar refractivity (Wildman–Crippen MR) is 66.4 cm³/mol. The van der Waals surface area contributed by atoms with Gasteiger partial charge in [-0.05, 0) is 37.6 Å². The van der Waals surface area contributed by atoms with Crippen molar-refractivity contribution in [1.29, 1.82) is 0 Å². The highest BCUT2D eigenvalue weighted by Crippen LogP contribution is 2.21. The SMILES string of the molecule is CC(c1ccncc1)N(C)C(=O)C1CCNC1. The van der Waals surface area contributed by atoms with Crippen molar-refractivity contribution in [3.63, 3.8) is 0 Å². The average Bonchev–Trinajstić information content (AvgIpc) is 2.91. The van der Waals surface area contributed by atoms with Crippen LogP contribution in [0, 0.1) is 5.92 Å². The first-order chi connectivity index (χ1) is 8.20. The van der Waals surface area contributed by atoms with Gasteiger partial charge >= 0.3 is 0 Å². The Bertz CT molecular complexity index is 374. The molecule has 0 aromatic carbocycles. The molecule has 2 rings (SSSR count). The molecule has 2 atom stereocenters. The molecule has 2 unspecified atom stereocenters. The van der Waals surface area contributed by atoms with E-state index in [9.17, 15) is 4.79 Å². The zero-order valence-corrected chi connectivity index (χ0v) is 10.4. The van der Waals surface area contributed by atoms with Crippen molar-refractivity contribution in [1.82, 2.24) is 15.2 Å². The van der Waals surface area contributed by atoms with Crippen LogP contribution in [0.4, 0.5) is 0 Å². The van der Waals surface area contributed by atoms with Gasteiger partial charge in [0.2, 0.25) is 5.91 Å². The molecule has 2 heterocycles.